The van der Waals surface area contributed by atoms with Gasteiger partial charge in [-0.3, -0.25) is 4.90 Å². The van der Waals surface area contributed by atoms with Gasteiger partial charge in [-0.25, -0.2) is 0 Å². The SMILES string of the molecule is CCCC1CCC(CN)(N(C)CC2CCCCO2)CC1. The van der Waals surface area contributed by atoms with E-state index in [1.165, 1.54) is 57.8 Å². The topological polar surface area (TPSA) is 38.5 Å². The first-order valence-electron chi connectivity index (χ1n) is 8.73. The molecule has 0 spiro atoms. The number of ether oxygens (including phenoxy) is 1. The largest absolute Gasteiger partial charge is 0.377 e. The summed E-state index contributed by atoms with van der Waals surface area (Å²) >= 11 is 0. The maximum Gasteiger partial charge on any atom is 0.0702 e. The molecule has 0 aromatic rings. The van der Waals surface area contributed by atoms with Crippen molar-refractivity contribution in [3.8, 4) is 0 Å². The molecule has 0 aromatic heterocycles. The van der Waals surface area contributed by atoms with E-state index >= 15 is 0 Å². The van der Waals surface area contributed by atoms with E-state index in [2.05, 4.69) is 18.9 Å². The lowest BCUT2D eigenvalue weighted by Crippen LogP contribution is -2.56. The van der Waals surface area contributed by atoms with E-state index in [0.29, 0.717) is 6.10 Å². The third-order valence-corrected chi connectivity index (χ3v) is 5.67. The van der Waals surface area contributed by atoms with Crippen molar-refractivity contribution in [3.63, 3.8) is 0 Å². The summed E-state index contributed by atoms with van der Waals surface area (Å²) in [4.78, 5) is 2.53. The van der Waals surface area contributed by atoms with Crippen molar-refractivity contribution in [1.82, 2.24) is 4.90 Å². The first-order chi connectivity index (χ1) is 9.70. The normalized spacial score (nSPS) is 35.4. The fourth-order valence-corrected chi connectivity index (χ4v) is 4.10. The molecule has 20 heavy (non-hydrogen) atoms. The Balaban J connectivity index is 1.86. The van der Waals surface area contributed by atoms with E-state index < -0.39 is 0 Å². The summed E-state index contributed by atoms with van der Waals surface area (Å²) in [6, 6.07) is 0. The summed E-state index contributed by atoms with van der Waals surface area (Å²) in [6.45, 7) is 5.12. The highest BCUT2D eigenvalue weighted by Gasteiger charge is 2.38. The molecule has 0 aromatic carbocycles. The highest BCUT2D eigenvalue weighted by molar-refractivity contribution is 4.95. The van der Waals surface area contributed by atoms with Gasteiger partial charge in [0.1, 0.15) is 0 Å². The van der Waals surface area contributed by atoms with Gasteiger partial charge in [0.05, 0.1) is 6.10 Å². The van der Waals surface area contributed by atoms with Gasteiger partial charge in [-0.2, -0.15) is 0 Å². The molecule has 0 amide bonds. The number of nitrogens with two attached hydrogens (primary N) is 1. The van der Waals surface area contributed by atoms with Crippen molar-refractivity contribution in [2.75, 3.05) is 26.7 Å². The van der Waals surface area contributed by atoms with Crippen LogP contribution in [0.15, 0.2) is 0 Å². The molecule has 1 saturated heterocycles. The Kier molecular flexibility index (Phi) is 6.31. The molecule has 2 rings (SSSR count). The average molecular weight is 282 g/mol. The second kappa shape index (κ2) is 7.77. The van der Waals surface area contributed by atoms with Gasteiger partial charge in [-0.05, 0) is 57.9 Å². The van der Waals surface area contributed by atoms with Gasteiger partial charge in [-0.1, -0.05) is 19.8 Å². The highest BCUT2D eigenvalue weighted by Crippen LogP contribution is 2.37. The number of rotatable bonds is 6. The van der Waals surface area contributed by atoms with Crippen molar-refractivity contribution < 1.29 is 4.74 Å². The quantitative estimate of drug-likeness (QED) is 0.813. The average Bonchev–Trinajstić information content (AvgIpc) is 2.49. The zero-order valence-electron chi connectivity index (χ0n) is 13.6. The molecule has 1 unspecified atom stereocenters. The molecule has 2 N–H and O–H groups in total. The molecular weight excluding hydrogens is 248 g/mol. The maximum atomic E-state index is 6.18. The third-order valence-electron chi connectivity index (χ3n) is 5.67. The monoisotopic (exact) mass is 282 g/mol. The molecule has 1 atom stereocenters. The second-order valence-electron chi connectivity index (χ2n) is 7.03. The van der Waals surface area contributed by atoms with E-state index in [-0.39, 0.29) is 5.54 Å². The maximum absolute atomic E-state index is 6.18. The van der Waals surface area contributed by atoms with Crippen LogP contribution < -0.4 is 5.73 Å². The van der Waals surface area contributed by atoms with Crippen LogP contribution in [0.5, 0.6) is 0 Å². The molecule has 2 fully saturated rings. The van der Waals surface area contributed by atoms with Crippen molar-refractivity contribution in [2.24, 2.45) is 11.7 Å². The van der Waals surface area contributed by atoms with Crippen LogP contribution in [0.4, 0.5) is 0 Å². The summed E-state index contributed by atoms with van der Waals surface area (Å²) < 4.78 is 5.91. The minimum absolute atomic E-state index is 0.241. The Hall–Kier alpha value is -0.120. The van der Waals surface area contributed by atoms with Crippen LogP contribution in [-0.2, 0) is 4.74 Å². The van der Waals surface area contributed by atoms with E-state index in [9.17, 15) is 0 Å². The summed E-state index contributed by atoms with van der Waals surface area (Å²) in [5.74, 6) is 0.944. The Labute approximate surface area is 125 Å². The van der Waals surface area contributed by atoms with Crippen molar-refractivity contribution in [3.05, 3.63) is 0 Å². The van der Waals surface area contributed by atoms with Gasteiger partial charge in [-0.15, -0.1) is 0 Å². The van der Waals surface area contributed by atoms with Crippen LogP contribution in [0, 0.1) is 5.92 Å². The van der Waals surface area contributed by atoms with Gasteiger partial charge in [0.25, 0.3) is 0 Å². The molecule has 1 heterocycles. The molecule has 3 heteroatoms. The van der Waals surface area contributed by atoms with Gasteiger partial charge < -0.3 is 10.5 Å². The Morgan fingerprint density at radius 1 is 1.20 bits per heavy atom. The van der Waals surface area contributed by atoms with Crippen LogP contribution in [0.2, 0.25) is 0 Å². The molecule has 0 radical (unpaired) electrons. The number of nitrogens with zero attached hydrogens (tertiary/aromatic N) is 1. The second-order valence-corrected chi connectivity index (χ2v) is 7.03. The van der Waals surface area contributed by atoms with Crippen LogP contribution in [-0.4, -0.2) is 43.3 Å². The van der Waals surface area contributed by atoms with Crippen LogP contribution >= 0.6 is 0 Å². The van der Waals surface area contributed by atoms with E-state index in [0.717, 1.165) is 25.6 Å². The molecule has 118 valence electrons. The van der Waals surface area contributed by atoms with Crippen LogP contribution in [0.1, 0.15) is 64.7 Å². The highest BCUT2D eigenvalue weighted by atomic mass is 16.5. The molecule has 2 aliphatic rings. The van der Waals surface area contributed by atoms with E-state index in [1.807, 2.05) is 0 Å². The first-order valence-corrected chi connectivity index (χ1v) is 8.73. The van der Waals surface area contributed by atoms with Crippen molar-refractivity contribution in [2.45, 2.75) is 76.4 Å². The van der Waals surface area contributed by atoms with Gasteiger partial charge in [0, 0.05) is 25.2 Å². The third kappa shape index (κ3) is 3.96. The predicted octanol–water partition coefficient (Wildman–Crippen LogP) is 3.18. The van der Waals surface area contributed by atoms with Crippen molar-refractivity contribution >= 4 is 0 Å². The predicted molar refractivity (Wildman–Crippen MR) is 84.9 cm³/mol. The van der Waals surface area contributed by atoms with Gasteiger partial charge in [0.2, 0.25) is 0 Å². The van der Waals surface area contributed by atoms with Crippen molar-refractivity contribution in [1.29, 1.82) is 0 Å². The fourth-order valence-electron chi connectivity index (χ4n) is 4.10. The molecule has 1 aliphatic heterocycles. The first kappa shape index (κ1) is 16.3. The summed E-state index contributed by atoms with van der Waals surface area (Å²) in [6.07, 6.45) is 12.2. The molecule has 1 aliphatic carbocycles. The molecule has 1 saturated carbocycles. The summed E-state index contributed by atoms with van der Waals surface area (Å²) in [5.41, 5.74) is 6.42. The zero-order chi connectivity index (χ0) is 14.4. The number of hydrogen-bond acceptors (Lipinski definition) is 3. The zero-order valence-corrected chi connectivity index (χ0v) is 13.6. The molecule has 3 nitrogen and oxygen atoms in total. The summed E-state index contributed by atoms with van der Waals surface area (Å²) in [5, 5.41) is 0. The molecule has 0 bridgehead atoms. The fraction of sp³-hybridized carbons (Fsp3) is 1.00. The lowest BCUT2D eigenvalue weighted by atomic mass is 9.74. The lowest BCUT2D eigenvalue weighted by Gasteiger charge is -2.47. The molecular formula is C17H34N2O. The minimum atomic E-state index is 0.241. The standard InChI is InChI=1S/C17H34N2O/c1-3-6-15-8-10-17(14-18,11-9-15)19(2)13-16-7-4-5-12-20-16/h15-16H,3-14,18H2,1-2H3. The van der Waals surface area contributed by atoms with Gasteiger partial charge in [0.15, 0.2) is 0 Å². The Bertz CT molecular complexity index is 268. The Morgan fingerprint density at radius 3 is 2.50 bits per heavy atom. The Morgan fingerprint density at radius 2 is 1.95 bits per heavy atom. The van der Waals surface area contributed by atoms with Crippen LogP contribution in [0.25, 0.3) is 0 Å². The smallest absolute Gasteiger partial charge is 0.0702 e. The van der Waals surface area contributed by atoms with Crippen LogP contribution in [0.3, 0.4) is 0 Å². The van der Waals surface area contributed by atoms with E-state index in [4.69, 9.17) is 10.5 Å². The lowest BCUT2D eigenvalue weighted by molar-refractivity contribution is -0.0329. The van der Waals surface area contributed by atoms with Gasteiger partial charge >= 0.3 is 0 Å². The number of hydrogen-bond donors (Lipinski definition) is 1. The van der Waals surface area contributed by atoms with E-state index in [1.54, 1.807) is 0 Å². The summed E-state index contributed by atoms with van der Waals surface area (Å²) in [7, 11) is 2.27. The number of likely N-dealkylation sites (N-methyl/N-ethyl adjacent to an activating group) is 1. The minimum Gasteiger partial charge on any atom is -0.377 e.